The Bertz CT molecular complexity index is 529. The van der Waals surface area contributed by atoms with Crippen molar-refractivity contribution in [2.75, 3.05) is 7.05 Å². The molecule has 0 amide bonds. The molecule has 116 valence electrons. The van der Waals surface area contributed by atoms with Crippen LogP contribution in [-0.4, -0.2) is 18.7 Å². The lowest BCUT2D eigenvalue weighted by Gasteiger charge is -2.33. The Morgan fingerprint density at radius 2 is 1.45 bits per heavy atom. The molecule has 0 spiro atoms. The molecule has 0 saturated heterocycles. The fourth-order valence-electron chi connectivity index (χ4n) is 3.80. The molecule has 3 atom stereocenters. The monoisotopic (exact) mass is 311 g/mol. The highest BCUT2D eigenvalue weighted by Crippen LogP contribution is 2.50. The Morgan fingerprint density at radius 3 is 1.95 bits per heavy atom. The van der Waals surface area contributed by atoms with E-state index in [0.717, 1.165) is 11.6 Å². The van der Waals surface area contributed by atoms with E-state index in [-0.39, 0.29) is 7.92 Å². The summed E-state index contributed by atoms with van der Waals surface area (Å²) in [7, 11) is 1.84. The van der Waals surface area contributed by atoms with Crippen molar-refractivity contribution < 1.29 is 0 Å². The lowest BCUT2D eigenvalue weighted by molar-refractivity contribution is 0.410. The van der Waals surface area contributed by atoms with Crippen LogP contribution in [0, 0.1) is 5.92 Å². The average Bonchev–Trinajstić information content (AvgIpc) is 3.06. The predicted octanol–water partition coefficient (Wildman–Crippen LogP) is 3.90. The first-order valence-corrected chi connectivity index (χ1v) is 9.79. The van der Waals surface area contributed by atoms with Crippen LogP contribution in [0.5, 0.6) is 0 Å². The summed E-state index contributed by atoms with van der Waals surface area (Å²) in [5.74, 6) is 0.788. The Labute approximate surface area is 135 Å². The molecule has 1 saturated carbocycles. The van der Waals surface area contributed by atoms with E-state index in [4.69, 9.17) is 0 Å². The topological polar surface area (TPSA) is 12.0 Å². The first kappa shape index (κ1) is 15.7. The summed E-state index contributed by atoms with van der Waals surface area (Å²) >= 11 is 0. The zero-order valence-electron chi connectivity index (χ0n) is 13.6. The molecule has 0 aliphatic heterocycles. The first-order chi connectivity index (χ1) is 10.8. The Hall–Kier alpha value is -1.17. The van der Waals surface area contributed by atoms with Crippen LogP contribution in [0.15, 0.2) is 60.7 Å². The highest BCUT2D eigenvalue weighted by molar-refractivity contribution is 7.73. The molecular formula is C20H26NP. The lowest BCUT2D eigenvalue weighted by Crippen LogP contribution is -2.36. The molecule has 0 radical (unpaired) electrons. The fourth-order valence-corrected chi connectivity index (χ4v) is 7.08. The largest absolute Gasteiger partial charge is 0.317 e. The third-order valence-corrected chi connectivity index (χ3v) is 8.04. The molecule has 22 heavy (non-hydrogen) atoms. The summed E-state index contributed by atoms with van der Waals surface area (Å²) in [6.45, 7) is 2.35. The van der Waals surface area contributed by atoms with Gasteiger partial charge in [-0.3, -0.25) is 0 Å². The summed E-state index contributed by atoms with van der Waals surface area (Å²) in [6.07, 6.45) is 4.11. The number of hydrogen-bond donors (Lipinski definition) is 1. The van der Waals surface area contributed by atoms with Gasteiger partial charge in [0, 0.05) is 6.04 Å². The number of rotatable bonds is 5. The summed E-state index contributed by atoms with van der Waals surface area (Å²) in [4.78, 5) is 0. The van der Waals surface area contributed by atoms with E-state index in [1.807, 2.05) is 0 Å². The van der Waals surface area contributed by atoms with E-state index in [1.54, 1.807) is 0 Å². The normalized spacial score (nSPS) is 22.9. The zero-order valence-corrected chi connectivity index (χ0v) is 14.5. The van der Waals surface area contributed by atoms with Gasteiger partial charge in [-0.2, -0.15) is 0 Å². The van der Waals surface area contributed by atoms with Crippen molar-refractivity contribution in [3.8, 4) is 0 Å². The van der Waals surface area contributed by atoms with Gasteiger partial charge in [0.25, 0.3) is 0 Å². The highest BCUT2D eigenvalue weighted by atomic mass is 31.1. The fraction of sp³-hybridized carbons (Fsp3) is 0.400. The quantitative estimate of drug-likeness (QED) is 0.826. The van der Waals surface area contributed by atoms with Gasteiger partial charge in [0.05, 0.1) is 0 Å². The number of benzene rings is 2. The highest BCUT2D eigenvalue weighted by Gasteiger charge is 2.37. The van der Waals surface area contributed by atoms with Gasteiger partial charge in [0.1, 0.15) is 0 Å². The second-order valence-corrected chi connectivity index (χ2v) is 8.72. The third kappa shape index (κ3) is 3.26. The van der Waals surface area contributed by atoms with Crippen LogP contribution in [0.3, 0.4) is 0 Å². The Kier molecular flexibility index (Phi) is 5.28. The van der Waals surface area contributed by atoms with Crippen molar-refractivity contribution in [3.05, 3.63) is 60.7 Å². The van der Waals surface area contributed by atoms with Gasteiger partial charge in [-0.25, -0.2) is 0 Å². The molecule has 0 heterocycles. The second kappa shape index (κ2) is 7.40. The van der Waals surface area contributed by atoms with Gasteiger partial charge >= 0.3 is 0 Å². The maximum Gasteiger partial charge on any atom is 0.00702 e. The average molecular weight is 311 g/mol. The van der Waals surface area contributed by atoms with Crippen LogP contribution < -0.4 is 15.9 Å². The van der Waals surface area contributed by atoms with E-state index < -0.39 is 0 Å². The van der Waals surface area contributed by atoms with E-state index in [2.05, 4.69) is 80.0 Å². The second-order valence-electron chi connectivity index (χ2n) is 6.28. The van der Waals surface area contributed by atoms with Gasteiger partial charge in [0.2, 0.25) is 0 Å². The predicted molar refractivity (Wildman–Crippen MR) is 98.7 cm³/mol. The molecule has 1 unspecified atom stereocenters. The summed E-state index contributed by atoms with van der Waals surface area (Å²) < 4.78 is 0. The molecule has 1 nitrogen and oxygen atoms in total. The molecule has 1 fully saturated rings. The Balaban J connectivity index is 1.99. The molecule has 2 aromatic carbocycles. The minimum Gasteiger partial charge on any atom is -0.317 e. The van der Waals surface area contributed by atoms with E-state index >= 15 is 0 Å². The zero-order chi connectivity index (χ0) is 15.4. The summed E-state index contributed by atoms with van der Waals surface area (Å²) in [5, 5.41) is 6.57. The first-order valence-electron chi connectivity index (χ1n) is 8.38. The SMILES string of the molecule is CN[C@@H](C)[C@@H]1CCCC1P(c1ccccc1)c1ccccc1. The van der Waals surface area contributed by atoms with Crippen molar-refractivity contribution in [3.63, 3.8) is 0 Å². The van der Waals surface area contributed by atoms with Crippen LogP contribution in [0.1, 0.15) is 26.2 Å². The van der Waals surface area contributed by atoms with Crippen LogP contribution in [0.4, 0.5) is 0 Å². The van der Waals surface area contributed by atoms with Crippen LogP contribution in [0.25, 0.3) is 0 Å². The molecule has 1 N–H and O–H groups in total. The van der Waals surface area contributed by atoms with E-state index in [9.17, 15) is 0 Å². The van der Waals surface area contributed by atoms with E-state index in [1.165, 1.54) is 29.9 Å². The minimum absolute atomic E-state index is 0.269. The number of hydrogen-bond acceptors (Lipinski definition) is 1. The Morgan fingerprint density at radius 1 is 0.909 bits per heavy atom. The van der Waals surface area contributed by atoms with Gasteiger partial charge in [0.15, 0.2) is 0 Å². The molecule has 1 aliphatic carbocycles. The molecule has 3 rings (SSSR count). The smallest absolute Gasteiger partial charge is 0.00702 e. The minimum atomic E-state index is -0.269. The molecule has 2 aromatic rings. The maximum absolute atomic E-state index is 3.51. The van der Waals surface area contributed by atoms with Crippen LogP contribution in [0.2, 0.25) is 0 Å². The van der Waals surface area contributed by atoms with Gasteiger partial charge < -0.3 is 5.32 Å². The lowest BCUT2D eigenvalue weighted by atomic mass is 10.00. The summed E-state index contributed by atoms with van der Waals surface area (Å²) in [5.41, 5.74) is 0.794. The standard InChI is InChI=1S/C20H26NP/c1-16(21-2)19-14-9-15-20(19)22(17-10-5-3-6-11-17)18-12-7-4-8-13-18/h3-8,10-13,16,19-21H,9,14-15H2,1-2H3/t16-,19-,20?/m0/s1. The van der Waals surface area contributed by atoms with Crippen LogP contribution in [-0.2, 0) is 0 Å². The summed E-state index contributed by atoms with van der Waals surface area (Å²) in [6, 6.07) is 23.0. The molecular weight excluding hydrogens is 285 g/mol. The van der Waals surface area contributed by atoms with Gasteiger partial charge in [-0.05, 0) is 56.9 Å². The molecule has 2 heteroatoms. The van der Waals surface area contributed by atoms with Crippen molar-refractivity contribution in [1.29, 1.82) is 0 Å². The van der Waals surface area contributed by atoms with Crippen molar-refractivity contribution in [2.24, 2.45) is 5.92 Å². The molecule has 0 aromatic heterocycles. The van der Waals surface area contributed by atoms with Crippen LogP contribution >= 0.6 is 7.92 Å². The van der Waals surface area contributed by atoms with Crippen molar-refractivity contribution >= 4 is 18.5 Å². The van der Waals surface area contributed by atoms with Crippen molar-refractivity contribution in [1.82, 2.24) is 5.32 Å². The molecule has 1 aliphatic rings. The van der Waals surface area contributed by atoms with Gasteiger partial charge in [-0.15, -0.1) is 0 Å². The van der Waals surface area contributed by atoms with Crippen molar-refractivity contribution in [2.45, 2.75) is 37.9 Å². The third-order valence-electron chi connectivity index (χ3n) is 5.03. The van der Waals surface area contributed by atoms with E-state index in [0.29, 0.717) is 6.04 Å². The molecule has 0 bridgehead atoms. The number of nitrogens with one attached hydrogen (secondary N) is 1. The maximum atomic E-state index is 3.51. The van der Waals surface area contributed by atoms with Gasteiger partial charge in [-0.1, -0.05) is 67.1 Å².